The monoisotopic (exact) mass is 804 g/mol. The van der Waals surface area contributed by atoms with Gasteiger partial charge in [-0.2, -0.15) is 0 Å². The van der Waals surface area contributed by atoms with E-state index in [9.17, 15) is 26.4 Å². The van der Waals surface area contributed by atoms with E-state index in [1.807, 2.05) is 39.8 Å². The Morgan fingerprint density at radius 1 is 0.571 bits per heavy atom. The average Bonchev–Trinajstić information content (AvgIpc) is 3.17. The molecule has 0 spiro atoms. The lowest BCUT2D eigenvalue weighted by molar-refractivity contribution is 0.0980. The minimum atomic E-state index is -3.96. The molecule has 0 aliphatic heterocycles. The van der Waals surface area contributed by atoms with Crippen molar-refractivity contribution in [3.63, 3.8) is 0 Å². The molecular formula is C42H52N4O8S2. The Labute approximate surface area is 330 Å². The number of hydrogen-bond acceptors (Lipinski definition) is 10. The predicted octanol–water partition coefficient (Wildman–Crippen LogP) is 6.67. The topological polar surface area (TPSA) is 169 Å². The highest BCUT2D eigenvalue weighted by molar-refractivity contribution is 7.90. The average molecular weight is 805 g/mol. The van der Waals surface area contributed by atoms with Crippen LogP contribution in [0.5, 0.6) is 0 Å². The molecule has 0 unspecified atom stereocenters. The van der Waals surface area contributed by atoms with Gasteiger partial charge in [0.1, 0.15) is 0 Å². The van der Waals surface area contributed by atoms with Crippen molar-refractivity contribution in [1.82, 2.24) is 9.44 Å². The second-order valence-electron chi connectivity index (χ2n) is 13.6. The van der Waals surface area contributed by atoms with E-state index in [0.29, 0.717) is 70.7 Å². The molecule has 0 heterocycles. The van der Waals surface area contributed by atoms with Crippen LogP contribution in [0, 0.1) is 13.8 Å². The second kappa shape index (κ2) is 17.8. The molecule has 0 amide bonds. The molecule has 0 bridgehead atoms. The standard InChI is InChI=1S/C42H52N4O8S2/c1-9-27-23-25(5)41(55(49,50)43-19-21-53-7)29(11-3)37(27)45-33-17-18-34(36-35(33)39(47)31-15-13-14-16-32(31)40(36)48)46-38-28(10-2)24-26(6)42(30(38)12-4)56(51,52)44-20-22-54-8/h13-18,23-24,43-46H,9-12,19-22H2,1-8H3. The number of nitrogens with one attached hydrogen (secondary N) is 4. The molecule has 4 aromatic rings. The highest BCUT2D eigenvalue weighted by Gasteiger charge is 2.35. The van der Waals surface area contributed by atoms with Gasteiger partial charge >= 0.3 is 0 Å². The van der Waals surface area contributed by atoms with Gasteiger partial charge in [-0.3, -0.25) is 9.59 Å². The minimum Gasteiger partial charge on any atom is -0.383 e. The fourth-order valence-corrected chi connectivity index (χ4v) is 10.7. The number of methoxy groups -OCH3 is 2. The first-order valence-electron chi connectivity index (χ1n) is 18.9. The lowest BCUT2D eigenvalue weighted by Gasteiger charge is -2.27. The molecule has 5 rings (SSSR count). The molecule has 0 saturated heterocycles. The number of fused-ring (bicyclic) bond motifs is 2. The van der Waals surface area contributed by atoms with Gasteiger partial charge in [-0.1, -0.05) is 64.1 Å². The molecule has 300 valence electrons. The van der Waals surface area contributed by atoms with E-state index in [0.717, 1.165) is 11.1 Å². The van der Waals surface area contributed by atoms with Crippen molar-refractivity contribution in [3.8, 4) is 0 Å². The Kier molecular flexibility index (Phi) is 13.6. The Hall–Kier alpha value is -4.44. The fraction of sp³-hybridized carbons (Fsp3) is 0.381. The van der Waals surface area contributed by atoms with Crippen molar-refractivity contribution >= 4 is 54.4 Å². The molecule has 1 aliphatic rings. The van der Waals surface area contributed by atoms with Crippen molar-refractivity contribution in [2.75, 3.05) is 51.2 Å². The van der Waals surface area contributed by atoms with E-state index in [2.05, 4.69) is 20.1 Å². The van der Waals surface area contributed by atoms with E-state index in [1.54, 1.807) is 50.2 Å². The third-order valence-electron chi connectivity index (χ3n) is 10.1. The van der Waals surface area contributed by atoms with E-state index < -0.39 is 20.0 Å². The molecule has 12 nitrogen and oxygen atoms in total. The van der Waals surface area contributed by atoms with Crippen LogP contribution in [0.4, 0.5) is 22.7 Å². The summed E-state index contributed by atoms with van der Waals surface area (Å²) >= 11 is 0. The Balaban J connectivity index is 1.75. The third kappa shape index (κ3) is 8.18. The van der Waals surface area contributed by atoms with Crippen LogP contribution < -0.4 is 20.1 Å². The van der Waals surface area contributed by atoms with Crippen LogP contribution in [0.15, 0.2) is 58.3 Å². The second-order valence-corrected chi connectivity index (χ2v) is 17.0. The van der Waals surface area contributed by atoms with Gasteiger partial charge in [0.2, 0.25) is 20.0 Å². The summed E-state index contributed by atoms with van der Waals surface area (Å²) in [6.45, 7) is 11.8. The van der Waals surface area contributed by atoms with Crippen LogP contribution in [0.2, 0.25) is 0 Å². The molecule has 14 heteroatoms. The molecule has 4 N–H and O–H groups in total. The van der Waals surface area contributed by atoms with Crippen molar-refractivity contribution < 1.29 is 35.9 Å². The number of aryl methyl sites for hydroxylation is 4. The molecule has 1 aliphatic carbocycles. The number of ether oxygens (including phenoxy) is 2. The van der Waals surface area contributed by atoms with Crippen LogP contribution in [0.1, 0.15) is 92.9 Å². The molecule has 4 aromatic carbocycles. The van der Waals surface area contributed by atoms with Crippen LogP contribution in [0.3, 0.4) is 0 Å². The highest BCUT2D eigenvalue weighted by atomic mass is 32.2. The quantitative estimate of drug-likeness (QED) is 0.0703. The van der Waals surface area contributed by atoms with E-state index in [4.69, 9.17) is 9.47 Å². The van der Waals surface area contributed by atoms with Gasteiger partial charge in [-0.15, -0.1) is 0 Å². The Morgan fingerprint density at radius 2 is 0.946 bits per heavy atom. The molecule has 0 aromatic heterocycles. The normalized spacial score (nSPS) is 12.8. The summed E-state index contributed by atoms with van der Waals surface area (Å²) in [5, 5.41) is 6.88. The molecule has 0 saturated carbocycles. The number of rotatable bonds is 18. The number of sulfonamides is 2. The maximum Gasteiger partial charge on any atom is 0.241 e. The fourth-order valence-electron chi connectivity index (χ4n) is 7.58. The smallest absolute Gasteiger partial charge is 0.241 e. The number of benzene rings is 4. The van der Waals surface area contributed by atoms with Crippen molar-refractivity contribution in [1.29, 1.82) is 0 Å². The summed E-state index contributed by atoms with van der Waals surface area (Å²) in [6.07, 6.45) is 1.83. The summed E-state index contributed by atoms with van der Waals surface area (Å²) in [5.41, 5.74) is 6.47. The van der Waals surface area contributed by atoms with Crippen LogP contribution in [-0.2, 0) is 55.2 Å². The largest absolute Gasteiger partial charge is 0.383 e. The predicted molar refractivity (Wildman–Crippen MR) is 220 cm³/mol. The lowest BCUT2D eigenvalue weighted by atomic mass is 9.82. The highest BCUT2D eigenvalue weighted by Crippen LogP contribution is 2.43. The van der Waals surface area contributed by atoms with Gasteiger partial charge < -0.3 is 20.1 Å². The summed E-state index contributed by atoms with van der Waals surface area (Å²) in [6, 6.07) is 13.7. The first kappa shape index (κ1) is 42.7. The van der Waals surface area contributed by atoms with E-state index in [1.165, 1.54) is 14.2 Å². The van der Waals surface area contributed by atoms with Gasteiger partial charge in [-0.05, 0) is 85.0 Å². The number of carbonyl (C=O) groups excluding carboxylic acids is 2. The van der Waals surface area contributed by atoms with Gasteiger partial charge in [0.05, 0.1) is 45.5 Å². The zero-order valence-electron chi connectivity index (χ0n) is 33.4. The summed E-state index contributed by atoms with van der Waals surface area (Å²) < 4.78 is 70.3. The van der Waals surface area contributed by atoms with Crippen molar-refractivity contribution in [2.24, 2.45) is 0 Å². The van der Waals surface area contributed by atoms with E-state index >= 15 is 0 Å². The van der Waals surface area contributed by atoms with Crippen LogP contribution >= 0.6 is 0 Å². The molecule has 0 fully saturated rings. The molecule has 0 radical (unpaired) electrons. The number of hydrogen-bond donors (Lipinski definition) is 4. The maximum atomic E-state index is 14.6. The SMILES string of the molecule is CCc1cc(C)c(S(=O)(=O)NCCOC)c(CC)c1Nc1ccc(Nc2c(CC)cc(C)c(S(=O)(=O)NCCOC)c2CC)c2c1C(=O)c1ccccc1C2=O. The van der Waals surface area contributed by atoms with Gasteiger partial charge in [0.25, 0.3) is 0 Å². The van der Waals surface area contributed by atoms with Crippen LogP contribution in [-0.4, -0.2) is 68.9 Å². The van der Waals surface area contributed by atoms with Gasteiger partial charge in [0.15, 0.2) is 11.6 Å². The van der Waals surface area contributed by atoms with Crippen LogP contribution in [0.25, 0.3) is 0 Å². The first-order valence-corrected chi connectivity index (χ1v) is 21.8. The minimum absolute atomic E-state index is 0.0932. The van der Waals surface area contributed by atoms with Crippen molar-refractivity contribution in [2.45, 2.75) is 77.0 Å². The van der Waals surface area contributed by atoms with E-state index in [-0.39, 0.29) is 69.9 Å². The van der Waals surface area contributed by atoms with Crippen molar-refractivity contribution in [3.05, 3.63) is 104 Å². The number of ketones is 2. The Bertz CT molecular complexity index is 2230. The zero-order valence-corrected chi connectivity index (χ0v) is 35.0. The first-order chi connectivity index (χ1) is 26.7. The summed E-state index contributed by atoms with van der Waals surface area (Å²) in [7, 11) is -4.92. The summed E-state index contributed by atoms with van der Waals surface area (Å²) in [5.74, 6) is -0.751. The molecular weight excluding hydrogens is 753 g/mol. The Morgan fingerprint density at radius 3 is 1.27 bits per heavy atom. The molecule has 56 heavy (non-hydrogen) atoms. The maximum absolute atomic E-state index is 14.6. The lowest BCUT2D eigenvalue weighted by Crippen LogP contribution is -2.29. The zero-order chi connectivity index (χ0) is 40.9. The summed E-state index contributed by atoms with van der Waals surface area (Å²) in [4.78, 5) is 29.4. The molecule has 0 atom stereocenters. The number of anilines is 4. The number of carbonyl (C=O) groups is 2. The van der Waals surface area contributed by atoms with Gasteiger partial charge in [-0.25, -0.2) is 26.3 Å². The third-order valence-corrected chi connectivity index (χ3v) is 13.5. The van der Waals surface area contributed by atoms with Gasteiger partial charge in [0, 0.05) is 49.8 Å².